The Kier molecular flexibility index (Phi) is 8.18. The molecule has 1 atom stereocenters. The number of amides is 2. The maximum absolute atomic E-state index is 14.1. The second-order valence-electron chi connectivity index (χ2n) is 12.1. The smallest absolute Gasteiger partial charge is 0.246 e. The molecule has 3 heterocycles. The van der Waals surface area contributed by atoms with Crippen LogP contribution in [0.15, 0.2) is 60.7 Å². The molecule has 41 heavy (non-hydrogen) atoms. The number of carbonyl (C=O) groups excluding carboxylic acids is 2. The fraction of sp³-hybridized carbons (Fsp3) is 0.485. The lowest BCUT2D eigenvalue weighted by Crippen LogP contribution is -2.72. The van der Waals surface area contributed by atoms with Crippen LogP contribution in [0.2, 0.25) is 5.15 Å². The standard InChI is InChI=1S/C33H40ClN5O2/c1-24-28(30(34)39(36-24)27-15-9-4-10-16-27)23-37-19-17-33(18-20-37)32(41)35-29(21-25-11-5-2-6-12-25)31(40)38(33)22-26-13-7-3-8-14-26/h3-4,7-10,13-16,25,29H,2,5-6,11-12,17-23H2,1H3,(H,35,41). The second-order valence-corrected chi connectivity index (χ2v) is 12.4. The molecule has 1 saturated carbocycles. The van der Waals surface area contributed by atoms with Crippen molar-refractivity contribution in [1.29, 1.82) is 0 Å². The molecule has 3 aromatic rings. The highest BCUT2D eigenvalue weighted by atomic mass is 35.5. The first-order valence-electron chi connectivity index (χ1n) is 15.1. The van der Waals surface area contributed by atoms with Crippen molar-refractivity contribution >= 4 is 23.4 Å². The zero-order valence-corrected chi connectivity index (χ0v) is 24.7. The average Bonchev–Trinajstić information content (AvgIpc) is 3.29. The first-order chi connectivity index (χ1) is 19.9. The molecule has 3 fully saturated rings. The summed E-state index contributed by atoms with van der Waals surface area (Å²) in [6, 6.07) is 19.6. The number of nitrogens with zero attached hydrogens (tertiary/aromatic N) is 4. The van der Waals surface area contributed by atoms with Gasteiger partial charge in [0.25, 0.3) is 0 Å². The molecule has 3 aliphatic rings. The van der Waals surface area contributed by atoms with Crippen LogP contribution < -0.4 is 5.32 Å². The fourth-order valence-electron chi connectivity index (χ4n) is 7.04. The van der Waals surface area contributed by atoms with Gasteiger partial charge in [-0.05, 0) is 49.8 Å². The zero-order chi connectivity index (χ0) is 28.4. The number of likely N-dealkylation sites (tertiary alicyclic amines) is 1. The number of carbonyl (C=O) groups is 2. The van der Waals surface area contributed by atoms with E-state index in [4.69, 9.17) is 16.7 Å². The van der Waals surface area contributed by atoms with Crippen LogP contribution >= 0.6 is 11.6 Å². The highest BCUT2D eigenvalue weighted by Gasteiger charge is 2.53. The summed E-state index contributed by atoms with van der Waals surface area (Å²) >= 11 is 6.83. The number of aromatic nitrogens is 2. The Balaban J connectivity index is 1.20. The van der Waals surface area contributed by atoms with Crippen LogP contribution in [0.1, 0.15) is 68.2 Å². The van der Waals surface area contributed by atoms with Crippen LogP contribution in [0.5, 0.6) is 0 Å². The first-order valence-corrected chi connectivity index (χ1v) is 15.5. The molecule has 0 bridgehead atoms. The summed E-state index contributed by atoms with van der Waals surface area (Å²) in [4.78, 5) is 32.3. The SMILES string of the molecule is Cc1nn(-c2ccccc2)c(Cl)c1CN1CCC2(CC1)C(=O)NC(CC1CCCCC1)C(=O)N2Cc1ccccc1. The highest BCUT2D eigenvalue weighted by Crippen LogP contribution is 2.37. The van der Waals surface area contributed by atoms with E-state index < -0.39 is 11.6 Å². The monoisotopic (exact) mass is 573 g/mol. The zero-order valence-electron chi connectivity index (χ0n) is 23.9. The van der Waals surface area contributed by atoms with Gasteiger partial charge < -0.3 is 10.2 Å². The molecule has 8 heteroatoms. The minimum Gasteiger partial charge on any atom is -0.342 e. The van der Waals surface area contributed by atoms with Gasteiger partial charge in [0.2, 0.25) is 11.8 Å². The predicted octanol–water partition coefficient (Wildman–Crippen LogP) is 5.67. The molecule has 0 radical (unpaired) electrons. The van der Waals surface area contributed by atoms with Crippen LogP contribution in [0.25, 0.3) is 5.69 Å². The van der Waals surface area contributed by atoms with E-state index in [1.54, 1.807) is 4.68 Å². The molecule has 216 valence electrons. The van der Waals surface area contributed by atoms with Crippen molar-refractivity contribution in [3.8, 4) is 5.69 Å². The summed E-state index contributed by atoms with van der Waals surface area (Å²) in [5, 5.41) is 8.54. The van der Waals surface area contributed by atoms with Crippen LogP contribution in [-0.4, -0.2) is 56.1 Å². The minimum absolute atomic E-state index is 0.0135. The minimum atomic E-state index is -0.834. The number of piperazine rings is 1. The van der Waals surface area contributed by atoms with E-state index in [-0.39, 0.29) is 11.8 Å². The van der Waals surface area contributed by atoms with E-state index in [0.717, 1.165) is 41.8 Å². The molecule has 1 spiro atoms. The molecule has 1 aromatic heterocycles. The third-order valence-electron chi connectivity index (χ3n) is 9.47. The summed E-state index contributed by atoms with van der Waals surface area (Å²) in [6.45, 7) is 4.51. The van der Waals surface area contributed by atoms with Crippen LogP contribution in [-0.2, 0) is 22.7 Å². The van der Waals surface area contributed by atoms with E-state index in [1.165, 1.54) is 19.3 Å². The lowest BCUT2D eigenvalue weighted by molar-refractivity contribution is -0.163. The number of rotatable bonds is 7. The van der Waals surface area contributed by atoms with Gasteiger partial charge in [0.15, 0.2) is 0 Å². The molecule has 7 nitrogen and oxygen atoms in total. The van der Waals surface area contributed by atoms with Crippen molar-refractivity contribution in [3.05, 3.63) is 82.6 Å². The van der Waals surface area contributed by atoms with E-state index in [0.29, 0.717) is 50.1 Å². The quantitative estimate of drug-likeness (QED) is 0.395. The van der Waals surface area contributed by atoms with Gasteiger partial charge in [-0.2, -0.15) is 5.10 Å². The Hall–Kier alpha value is -3.16. The van der Waals surface area contributed by atoms with E-state index in [2.05, 4.69) is 10.2 Å². The van der Waals surface area contributed by atoms with E-state index in [1.807, 2.05) is 72.5 Å². The number of benzene rings is 2. The van der Waals surface area contributed by atoms with Gasteiger partial charge in [-0.3, -0.25) is 14.5 Å². The predicted molar refractivity (Wildman–Crippen MR) is 161 cm³/mol. The van der Waals surface area contributed by atoms with Gasteiger partial charge in [-0.15, -0.1) is 0 Å². The molecular formula is C33H40ClN5O2. The average molecular weight is 574 g/mol. The molecule has 1 unspecified atom stereocenters. The van der Waals surface area contributed by atoms with Gasteiger partial charge in [0.05, 0.1) is 11.4 Å². The molecule has 1 N–H and O–H groups in total. The van der Waals surface area contributed by atoms with E-state index >= 15 is 0 Å². The lowest BCUT2D eigenvalue weighted by Gasteiger charge is -2.52. The number of aryl methyl sites for hydroxylation is 1. The van der Waals surface area contributed by atoms with Crippen molar-refractivity contribution in [2.75, 3.05) is 13.1 Å². The maximum atomic E-state index is 14.1. The number of para-hydroxylation sites is 1. The molecule has 1 aliphatic carbocycles. The Bertz CT molecular complexity index is 1360. The Morgan fingerprint density at radius 1 is 0.927 bits per heavy atom. The van der Waals surface area contributed by atoms with Crippen LogP contribution in [0, 0.1) is 12.8 Å². The third-order valence-corrected chi connectivity index (χ3v) is 9.86. The van der Waals surface area contributed by atoms with Gasteiger partial charge in [0, 0.05) is 31.7 Å². The normalized spacial score (nSPS) is 21.8. The largest absolute Gasteiger partial charge is 0.342 e. The number of piperidine rings is 1. The first kappa shape index (κ1) is 28.0. The van der Waals surface area contributed by atoms with Crippen molar-refractivity contribution in [2.45, 2.75) is 83.0 Å². The molecule has 2 aliphatic heterocycles. The molecule has 6 rings (SSSR count). The van der Waals surface area contributed by atoms with Gasteiger partial charge in [0.1, 0.15) is 16.7 Å². The van der Waals surface area contributed by atoms with Gasteiger partial charge >= 0.3 is 0 Å². The number of hydrogen-bond donors (Lipinski definition) is 1. The maximum Gasteiger partial charge on any atom is 0.246 e. The van der Waals surface area contributed by atoms with Crippen molar-refractivity contribution in [3.63, 3.8) is 0 Å². The molecule has 2 aromatic carbocycles. The van der Waals surface area contributed by atoms with Crippen LogP contribution in [0.4, 0.5) is 0 Å². The number of hydrogen-bond acceptors (Lipinski definition) is 4. The van der Waals surface area contributed by atoms with Crippen molar-refractivity contribution in [1.82, 2.24) is 24.9 Å². The summed E-state index contributed by atoms with van der Waals surface area (Å²) in [5.74, 6) is 0.604. The van der Waals surface area contributed by atoms with Gasteiger partial charge in [-0.1, -0.05) is 92.2 Å². The fourth-order valence-corrected chi connectivity index (χ4v) is 7.37. The topological polar surface area (TPSA) is 70.5 Å². The Morgan fingerprint density at radius 3 is 2.27 bits per heavy atom. The Morgan fingerprint density at radius 2 is 1.59 bits per heavy atom. The Labute approximate surface area is 247 Å². The summed E-state index contributed by atoms with van der Waals surface area (Å²) in [5.41, 5.74) is 3.07. The second kappa shape index (κ2) is 12.0. The summed E-state index contributed by atoms with van der Waals surface area (Å²) in [7, 11) is 0. The number of halogens is 1. The molecular weight excluding hydrogens is 534 g/mol. The van der Waals surface area contributed by atoms with Crippen molar-refractivity contribution in [2.24, 2.45) is 5.92 Å². The molecule has 2 saturated heterocycles. The summed E-state index contributed by atoms with van der Waals surface area (Å²) < 4.78 is 1.79. The van der Waals surface area contributed by atoms with E-state index in [9.17, 15) is 9.59 Å². The van der Waals surface area contributed by atoms with Gasteiger partial charge in [-0.25, -0.2) is 4.68 Å². The van der Waals surface area contributed by atoms with Crippen molar-refractivity contribution < 1.29 is 9.59 Å². The number of nitrogens with one attached hydrogen (secondary N) is 1. The lowest BCUT2D eigenvalue weighted by atomic mass is 9.79. The summed E-state index contributed by atoms with van der Waals surface area (Å²) in [6.07, 6.45) is 7.97. The van der Waals surface area contributed by atoms with Crippen LogP contribution in [0.3, 0.4) is 0 Å². The third kappa shape index (κ3) is 5.67. The highest BCUT2D eigenvalue weighted by molar-refractivity contribution is 6.30. The molecule has 2 amide bonds.